The van der Waals surface area contributed by atoms with Crippen molar-refractivity contribution in [3.63, 3.8) is 0 Å². The van der Waals surface area contributed by atoms with Crippen molar-refractivity contribution in [2.45, 2.75) is 6.92 Å². The average molecular weight is 363 g/mol. The van der Waals surface area contributed by atoms with E-state index in [0.717, 1.165) is 16.7 Å². The Bertz CT molecular complexity index is 1110. The van der Waals surface area contributed by atoms with Crippen LogP contribution in [0.4, 0.5) is 16.6 Å². The Labute approximate surface area is 154 Å². The molecule has 7 heteroatoms. The molecule has 0 spiro atoms. The van der Waals surface area contributed by atoms with Crippen LogP contribution in [0.3, 0.4) is 0 Å². The maximum Gasteiger partial charge on any atom is 0.242 e. The van der Waals surface area contributed by atoms with Crippen LogP contribution in [0.15, 0.2) is 48.5 Å². The average Bonchev–Trinajstić information content (AvgIpc) is 3.17. The molecular formula is C19H17N5OS. The highest BCUT2D eigenvalue weighted by atomic mass is 32.1. The first-order valence-corrected chi connectivity index (χ1v) is 8.91. The molecule has 0 amide bonds. The second-order valence-electron chi connectivity index (χ2n) is 6.04. The summed E-state index contributed by atoms with van der Waals surface area (Å²) in [5, 5.41) is 3.77. The van der Waals surface area contributed by atoms with Gasteiger partial charge in [-0.25, -0.2) is 9.97 Å². The summed E-state index contributed by atoms with van der Waals surface area (Å²) in [6, 6.07) is 15.6. The minimum atomic E-state index is -0.226. The molecular weight excluding hydrogens is 346 g/mol. The zero-order valence-electron chi connectivity index (χ0n) is 14.4. The summed E-state index contributed by atoms with van der Waals surface area (Å²) in [5.41, 5.74) is 9.75. The maximum atomic E-state index is 12.9. The van der Waals surface area contributed by atoms with Crippen LogP contribution >= 0.6 is 11.3 Å². The van der Waals surface area contributed by atoms with Gasteiger partial charge in [0.2, 0.25) is 5.78 Å². The van der Waals surface area contributed by atoms with E-state index in [0.29, 0.717) is 15.8 Å². The number of fused-ring (bicyclic) bond motifs is 1. The van der Waals surface area contributed by atoms with Crippen LogP contribution in [0.5, 0.6) is 0 Å². The van der Waals surface area contributed by atoms with Crippen molar-refractivity contribution in [2.75, 3.05) is 11.1 Å². The number of para-hydroxylation sites is 2. The molecule has 2 heterocycles. The number of nitrogens with one attached hydrogen (secondary N) is 1. The fraction of sp³-hybridized carbons (Fsp3) is 0.105. The van der Waals surface area contributed by atoms with E-state index in [1.165, 1.54) is 16.9 Å². The lowest BCUT2D eigenvalue weighted by Gasteiger charge is -2.02. The van der Waals surface area contributed by atoms with Crippen molar-refractivity contribution >= 4 is 44.8 Å². The number of aryl methyl sites for hydroxylation is 2. The standard InChI is InChI=1S/C19H17N5OS/c1-11-7-9-12(10-8-11)21-19-23-17(20)16(26-19)15(25)18-22-13-5-3-4-6-14(13)24(18)2/h3-10H,20H2,1-2H3,(H,21,23). The van der Waals surface area contributed by atoms with E-state index in [-0.39, 0.29) is 11.6 Å². The Hall–Kier alpha value is -3.19. The number of thiazole rings is 1. The highest BCUT2D eigenvalue weighted by Gasteiger charge is 2.23. The van der Waals surface area contributed by atoms with Gasteiger partial charge in [-0.1, -0.05) is 41.2 Å². The molecule has 3 N–H and O–H groups in total. The number of hydrogen-bond acceptors (Lipinski definition) is 6. The summed E-state index contributed by atoms with van der Waals surface area (Å²) in [7, 11) is 1.82. The van der Waals surface area contributed by atoms with Crippen molar-refractivity contribution in [1.82, 2.24) is 14.5 Å². The third-order valence-electron chi connectivity index (χ3n) is 4.15. The topological polar surface area (TPSA) is 85.8 Å². The zero-order valence-corrected chi connectivity index (χ0v) is 15.2. The van der Waals surface area contributed by atoms with Gasteiger partial charge in [0.25, 0.3) is 0 Å². The molecule has 6 nitrogen and oxygen atoms in total. The summed E-state index contributed by atoms with van der Waals surface area (Å²) in [6.45, 7) is 2.03. The highest BCUT2D eigenvalue weighted by Crippen LogP contribution is 2.30. The molecule has 0 radical (unpaired) electrons. The van der Waals surface area contributed by atoms with Gasteiger partial charge in [-0.2, -0.15) is 0 Å². The minimum absolute atomic E-state index is 0.210. The third-order valence-corrected chi connectivity index (χ3v) is 5.14. The quantitative estimate of drug-likeness (QED) is 0.537. The third kappa shape index (κ3) is 2.82. The van der Waals surface area contributed by atoms with Gasteiger partial charge < -0.3 is 15.6 Å². The summed E-state index contributed by atoms with van der Waals surface area (Å²) in [4.78, 5) is 22.1. The van der Waals surface area contributed by atoms with Crippen LogP contribution < -0.4 is 11.1 Å². The van der Waals surface area contributed by atoms with Gasteiger partial charge in [-0.05, 0) is 31.2 Å². The Morgan fingerprint density at radius 2 is 1.85 bits per heavy atom. The molecule has 0 atom stereocenters. The molecule has 4 aromatic rings. The van der Waals surface area contributed by atoms with Crippen LogP contribution in [0.2, 0.25) is 0 Å². The smallest absolute Gasteiger partial charge is 0.242 e. The molecule has 0 aliphatic carbocycles. The number of benzene rings is 2. The molecule has 0 bridgehead atoms. The number of carbonyl (C=O) groups is 1. The minimum Gasteiger partial charge on any atom is -0.382 e. The second-order valence-corrected chi connectivity index (χ2v) is 7.04. The normalized spacial score (nSPS) is 11.0. The molecule has 0 fully saturated rings. The fourth-order valence-electron chi connectivity index (χ4n) is 2.76. The Kier molecular flexibility index (Phi) is 3.93. The zero-order chi connectivity index (χ0) is 18.3. The summed E-state index contributed by atoms with van der Waals surface area (Å²) in [5.74, 6) is 0.334. The monoisotopic (exact) mass is 363 g/mol. The molecule has 130 valence electrons. The van der Waals surface area contributed by atoms with Gasteiger partial charge in [-0.15, -0.1) is 0 Å². The first-order chi connectivity index (χ1) is 12.5. The molecule has 2 aromatic carbocycles. The van der Waals surface area contributed by atoms with Gasteiger partial charge in [-0.3, -0.25) is 4.79 Å². The van der Waals surface area contributed by atoms with E-state index in [2.05, 4.69) is 15.3 Å². The predicted octanol–water partition coefficient (Wildman–Crippen LogP) is 3.90. The Morgan fingerprint density at radius 3 is 2.58 bits per heavy atom. The molecule has 26 heavy (non-hydrogen) atoms. The van der Waals surface area contributed by atoms with E-state index < -0.39 is 0 Å². The molecule has 4 rings (SSSR count). The van der Waals surface area contributed by atoms with Crippen LogP contribution in [0.1, 0.15) is 21.1 Å². The van der Waals surface area contributed by atoms with E-state index >= 15 is 0 Å². The number of anilines is 3. The van der Waals surface area contributed by atoms with Crippen LogP contribution in [-0.4, -0.2) is 20.3 Å². The van der Waals surface area contributed by atoms with Crippen molar-refractivity contribution < 1.29 is 4.79 Å². The van der Waals surface area contributed by atoms with Gasteiger partial charge >= 0.3 is 0 Å². The van der Waals surface area contributed by atoms with Crippen molar-refractivity contribution in [1.29, 1.82) is 0 Å². The highest BCUT2D eigenvalue weighted by molar-refractivity contribution is 7.18. The molecule has 0 saturated carbocycles. The van der Waals surface area contributed by atoms with E-state index in [1.807, 2.05) is 62.5 Å². The number of imidazole rings is 1. The Balaban J connectivity index is 1.66. The number of rotatable bonds is 4. The lowest BCUT2D eigenvalue weighted by atomic mass is 10.2. The number of aromatic nitrogens is 3. The number of nitrogen functional groups attached to an aromatic ring is 1. The van der Waals surface area contributed by atoms with Crippen LogP contribution in [-0.2, 0) is 7.05 Å². The number of carbonyl (C=O) groups excluding carboxylic acids is 1. The van der Waals surface area contributed by atoms with E-state index in [4.69, 9.17) is 5.73 Å². The molecule has 2 aromatic heterocycles. The predicted molar refractivity (Wildman–Crippen MR) is 105 cm³/mol. The lowest BCUT2D eigenvalue weighted by Crippen LogP contribution is -2.09. The number of hydrogen-bond donors (Lipinski definition) is 2. The van der Waals surface area contributed by atoms with Gasteiger partial charge in [0.1, 0.15) is 10.7 Å². The molecule has 0 saturated heterocycles. The number of ketones is 1. The van der Waals surface area contributed by atoms with Crippen molar-refractivity contribution in [3.05, 3.63) is 64.8 Å². The van der Waals surface area contributed by atoms with Gasteiger partial charge in [0.15, 0.2) is 11.0 Å². The van der Waals surface area contributed by atoms with Gasteiger partial charge in [0.05, 0.1) is 11.0 Å². The first kappa shape index (κ1) is 16.3. The van der Waals surface area contributed by atoms with E-state index in [9.17, 15) is 4.79 Å². The summed E-state index contributed by atoms with van der Waals surface area (Å²) in [6.07, 6.45) is 0. The van der Waals surface area contributed by atoms with Crippen molar-refractivity contribution in [3.8, 4) is 0 Å². The molecule has 0 unspecified atom stereocenters. The SMILES string of the molecule is Cc1ccc(Nc2nc(N)c(C(=O)c3nc4ccccc4n3C)s2)cc1. The largest absolute Gasteiger partial charge is 0.382 e. The van der Waals surface area contributed by atoms with Crippen molar-refractivity contribution in [2.24, 2.45) is 7.05 Å². The molecule has 0 aliphatic rings. The summed E-state index contributed by atoms with van der Waals surface area (Å²) < 4.78 is 1.78. The Morgan fingerprint density at radius 1 is 1.12 bits per heavy atom. The fourth-order valence-corrected chi connectivity index (χ4v) is 3.60. The lowest BCUT2D eigenvalue weighted by molar-refractivity contribution is 0.103. The first-order valence-electron chi connectivity index (χ1n) is 8.09. The second kappa shape index (κ2) is 6.27. The number of nitrogens with two attached hydrogens (primary N) is 1. The van der Waals surface area contributed by atoms with Crippen LogP contribution in [0, 0.1) is 6.92 Å². The van der Waals surface area contributed by atoms with Gasteiger partial charge in [0, 0.05) is 12.7 Å². The van der Waals surface area contributed by atoms with Crippen LogP contribution in [0.25, 0.3) is 11.0 Å². The van der Waals surface area contributed by atoms with E-state index in [1.54, 1.807) is 4.57 Å². The number of nitrogens with zero attached hydrogens (tertiary/aromatic N) is 3. The molecule has 0 aliphatic heterocycles. The maximum absolute atomic E-state index is 12.9. The summed E-state index contributed by atoms with van der Waals surface area (Å²) >= 11 is 1.23.